The third-order valence-corrected chi connectivity index (χ3v) is 4.46. The normalized spacial score (nSPS) is 19.1. The summed E-state index contributed by atoms with van der Waals surface area (Å²) in [6, 6.07) is 4.63. The molecule has 2 atom stereocenters. The highest BCUT2D eigenvalue weighted by atomic mass is 19.2. The van der Waals surface area contributed by atoms with E-state index in [1.54, 1.807) is 12.1 Å². The van der Waals surface area contributed by atoms with E-state index in [2.05, 4.69) is 24.1 Å². The van der Waals surface area contributed by atoms with Crippen LogP contribution in [0, 0.1) is 17.6 Å². The van der Waals surface area contributed by atoms with Crippen LogP contribution in [0.15, 0.2) is 18.2 Å². The van der Waals surface area contributed by atoms with E-state index in [1.807, 2.05) is 6.92 Å². The highest BCUT2D eigenvalue weighted by molar-refractivity contribution is 5.22. The van der Waals surface area contributed by atoms with E-state index in [1.165, 1.54) is 12.8 Å². The Balaban J connectivity index is 1.98. The van der Waals surface area contributed by atoms with Gasteiger partial charge in [0.2, 0.25) is 0 Å². The van der Waals surface area contributed by atoms with Gasteiger partial charge in [0.15, 0.2) is 11.6 Å². The number of hydrogen-bond donors (Lipinski definition) is 1. The minimum Gasteiger partial charge on any atom is -0.309 e. The minimum absolute atomic E-state index is 0.190. The lowest BCUT2D eigenvalue weighted by Crippen LogP contribution is -2.44. The summed E-state index contributed by atoms with van der Waals surface area (Å²) in [5.74, 6) is -0.971. The second-order valence-corrected chi connectivity index (χ2v) is 6.33. The van der Waals surface area contributed by atoms with E-state index >= 15 is 0 Å². The van der Waals surface area contributed by atoms with Gasteiger partial charge in [0.25, 0.3) is 0 Å². The van der Waals surface area contributed by atoms with Gasteiger partial charge in [0, 0.05) is 24.2 Å². The molecule has 0 amide bonds. The van der Waals surface area contributed by atoms with Crippen molar-refractivity contribution in [3.63, 3.8) is 0 Å². The van der Waals surface area contributed by atoms with Gasteiger partial charge < -0.3 is 5.32 Å². The second kappa shape index (κ2) is 7.32. The predicted octanol–water partition coefficient (Wildman–Crippen LogP) is 3.74. The number of hydrogen-bond acceptors (Lipinski definition) is 2. The topological polar surface area (TPSA) is 15.3 Å². The molecule has 0 spiro atoms. The van der Waals surface area contributed by atoms with Crippen molar-refractivity contribution in [2.24, 2.45) is 5.92 Å². The molecular formula is C17H26F2N2. The number of halogens is 2. The molecule has 0 saturated carbocycles. The van der Waals surface area contributed by atoms with Crippen LogP contribution >= 0.6 is 0 Å². The van der Waals surface area contributed by atoms with E-state index in [-0.39, 0.29) is 6.04 Å². The Morgan fingerprint density at radius 3 is 2.43 bits per heavy atom. The minimum atomic E-state index is -0.777. The monoisotopic (exact) mass is 296 g/mol. The van der Waals surface area contributed by atoms with E-state index in [9.17, 15) is 8.78 Å². The van der Waals surface area contributed by atoms with Crippen LogP contribution in [0.3, 0.4) is 0 Å². The first kappa shape index (κ1) is 16.4. The summed E-state index contributed by atoms with van der Waals surface area (Å²) in [6.45, 7) is 9.42. The van der Waals surface area contributed by atoms with Crippen molar-refractivity contribution in [2.75, 3.05) is 19.6 Å². The Labute approximate surface area is 126 Å². The zero-order valence-corrected chi connectivity index (χ0v) is 13.2. The molecule has 4 heteroatoms. The first-order valence-electron chi connectivity index (χ1n) is 7.92. The summed E-state index contributed by atoms with van der Waals surface area (Å²) in [4.78, 5) is 2.51. The molecule has 1 aliphatic rings. The van der Waals surface area contributed by atoms with Crippen molar-refractivity contribution in [3.05, 3.63) is 35.4 Å². The number of rotatable bonds is 6. The van der Waals surface area contributed by atoms with Crippen molar-refractivity contribution >= 4 is 0 Å². The summed E-state index contributed by atoms with van der Waals surface area (Å²) in [7, 11) is 0. The molecule has 2 nitrogen and oxygen atoms in total. The van der Waals surface area contributed by atoms with Gasteiger partial charge in [-0.3, -0.25) is 4.90 Å². The Morgan fingerprint density at radius 1 is 1.14 bits per heavy atom. The van der Waals surface area contributed by atoms with Gasteiger partial charge in [-0.25, -0.2) is 8.78 Å². The van der Waals surface area contributed by atoms with Crippen LogP contribution in [0.2, 0.25) is 0 Å². The fourth-order valence-corrected chi connectivity index (χ4v) is 3.12. The van der Waals surface area contributed by atoms with Crippen LogP contribution in [0.1, 0.15) is 45.2 Å². The van der Waals surface area contributed by atoms with Crippen molar-refractivity contribution in [2.45, 2.75) is 45.7 Å². The quantitative estimate of drug-likeness (QED) is 0.860. The molecule has 2 rings (SSSR count). The van der Waals surface area contributed by atoms with Gasteiger partial charge in [-0.15, -0.1) is 0 Å². The zero-order chi connectivity index (χ0) is 15.4. The molecule has 2 unspecified atom stereocenters. The molecule has 21 heavy (non-hydrogen) atoms. The Hall–Kier alpha value is -1.00. The molecule has 1 fully saturated rings. The molecule has 1 heterocycles. The summed E-state index contributed by atoms with van der Waals surface area (Å²) < 4.78 is 27.1. The van der Waals surface area contributed by atoms with Gasteiger partial charge in [-0.1, -0.05) is 26.0 Å². The number of nitrogens with one attached hydrogen (secondary N) is 1. The highest BCUT2D eigenvalue weighted by Crippen LogP contribution is 2.21. The largest absolute Gasteiger partial charge is 0.309 e. The molecule has 0 aromatic heterocycles. The third-order valence-electron chi connectivity index (χ3n) is 4.46. The number of benzene rings is 1. The van der Waals surface area contributed by atoms with Crippen LogP contribution < -0.4 is 5.32 Å². The third kappa shape index (κ3) is 4.01. The molecule has 1 aromatic carbocycles. The average Bonchev–Trinajstić information content (AvgIpc) is 2.95. The Bertz CT molecular complexity index is 456. The summed E-state index contributed by atoms with van der Waals surface area (Å²) >= 11 is 0. The van der Waals surface area contributed by atoms with Crippen molar-refractivity contribution in [3.8, 4) is 0 Å². The lowest BCUT2D eigenvalue weighted by atomic mass is 10.0. The van der Waals surface area contributed by atoms with Crippen LogP contribution in [0.4, 0.5) is 8.78 Å². The molecule has 1 saturated heterocycles. The first-order valence-corrected chi connectivity index (χ1v) is 7.92. The molecule has 118 valence electrons. The lowest BCUT2D eigenvalue weighted by Gasteiger charge is -2.32. The lowest BCUT2D eigenvalue weighted by molar-refractivity contribution is 0.182. The smallest absolute Gasteiger partial charge is 0.163 e. The van der Waals surface area contributed by atoms with E-state index in [0.717, 1.165) is 25.7 Å². The van der Waals surface area contributed by atoms with Crippen LogP contribution in [-0.4, -0.2) is 30.6 Å². The van der Waals surface area contributed by atoms with Crippen molar-refractivity contribution < 1.29 is 8.78 Å². The van der Waals surface area contributed by atoms with Crippen molar-refractivity contribution in [1.82, 2.24) is 10.2 Å². The Morgan fingerprint density at radius 2 is 1.81 bits per heavy atom. The van der Waals surface area contributed by atoms with E-state index in [0.29, 0.717) is 17.5 Å². The molecule has 1 N–H and O–H groups in total. The molecule has 1 aliphatic heterocycles. The molecule has 0 bridgehead atoms. The Kier molecular flexibility index (Phi) is 5.71. The van der Waals surface area contributed by atoms with Crippen LogP contribution in [-0.2, 0) is 0 Å². The fourth-order valence-electron chi connectivity index (χ4n) is 3.12. The standard InChI is InChI=1S/C17H26F2N2/c1-12(2)16(21-9-4-5-10-21)11-20-13(3)14-7-6-8-15(18)17(14)19/h6-8,12-13,16,20H,4-5,9-11H2,1-3H3. The summed E-state index contributed by atoms with van der Waals surface area (Å²) in [5, 5.41) is 3.38. The zero-order valence-electron chi connectivity index (χ0n) is 13.2. The SMILES string of the molecule is CC(NCC(C(C)C)N1CCCC1)c1cccc(F)c1F. The number of likely N-dealkylation sites (tertiary alicyclic amines) is 1. The fraction of sp³-hybridized carbons (Fsp3) is 0.647. The summed E-state index contributed by atoms with van der Waals surface area (Å²) in [6.07, 6.45) is 2.52. The highest BCUT2D eigenvalue weighted by Gasteiger charge is 2.25. The predicted molar refractivity (Wildman–Crippen MR) is 82.2 cm³/mol. The molecular weight excluding hydrogens is 270 g/mol. The van der Waals surface area contributed by atoms with Crippen LogP contribution in [0.25, 0.3) is 0 Å². The number of nitrogens with zero attached hydrogens (tertiary/aromatic N) is 1. The molecule has 0 aliphatic carbocycles. The maximum Gasteiger partial charge on any atom is 0.163 e. The summed E-state index contributed by atoms with van der Waals surface area (Å²) in [5.41, 5.74) is 0.402. The van der Waals surface area contributed by atoms with Gasteiger partial charge in [0.1, 0.15) is 0 Å². The van der Waals surface area contributed by atoms with Gasteiger partial charge >= 0.3 is 0 Å². The molecule has 0 radical (unpaired) electrons. The maximum atomic E-state index is 13.8. The maximum absolute atomic E-state index is 13.8. The van der Waals surface area contributed by atoms with Crippen molar-refractivity contribution in [1.29, 1.82) is 0 Å². The average molecular weight is 296 g/mol. The van der Waals surface area contributed by atoms with E-state index in [4.69, 9.17) is 0 Å². The second-order valence-electron chi connectivity index (χ2n) is 6.33. The van der Waals surface area contributed by atoms with Crippen LogP contribution in [0.5, 0.6) is 0 Å². The van der Waals surface area contributed by atoms with Gasteiger partial charge in [0.05, 0.1) is 0 Å². The van der Waals surface area contributed by atoms with Gasteiger partial charge in [-0.05, 0) is 44.8 Å². The van der Waals surface area contributed by atoms with E-state index < -0.39 is 11.6 Å². The molecule has 1 aromatic rings. The van der Waals surface area contributed by atoms with Gasteiger partial charge in [-0.2, -0.15) is 0 Å². The first-order chi connectivity index (χ1) is 10.0.